The minimum absolute atomic E-state index is 0. The molecule has 38 heavy (non-hydrogen) atoms. The maximum absolute atomic E-state index is 12.2. The van der Waals surface area contributed by atoms with Crippen molar-refractivity contribution in [2.24, 2.45) is 0 Å². The second-order valence-electron chi connectivity index (χ2n) is 8.31. The number of rotatable bonds is 7. The van der Waals surface area contributed by atoms with Crippen LogP contribution in [0, 0.1) is 0 Å². The zero-order chi connectivity index (χ0) is 25.0. The molecule has 2 heterocycles. The zero-order valence-electron chi connectivity index (χ0n) is 20.1. The van der Waals surface area contributed by atoms with Gasteiger partial charge in [0.15, 0.2) is 24.8 Å². The highest BCUT2D eigenvalue weighted by Crippen LogP contribution is 2.49. The van der Waals surface area contributed by atoms with Gasteiger partial charge >= 0.3 is 7.60 Å². The van der Waals surface area contributed by atoms with E-state index in [0.29, 0.717) is 5.56 Å². The van der Waals surface area contributed by atoms with E-state index in [0.717, 1.165) is 28.3 Å². The van der Waals surface area contributed by atoms with Crippen molar-refractivity contribution in [1.82, 2.24) is 0 Å². The summed E-state index contributed by atoms with van der Waals surface area (Å²) in [6.45, 7) is 0. The molecule has 6 nitrogen and oxygen atoms in total. The third-order valence-electron chi connectivity index (χ3n) is 5.83. The fraction of sp³-hybridized carbons (Fsp3) is 0.0345. The van der Waals surface area contributed by atoms with Crippen LogP contribution in [0.15, 0.2) is 134 Å². The van der Waals surface area contributed by atoms with E-state index in [1.807, 2.05) is 102 Å². The quantitative estimate of drug-likeness (QED) is 0.205. The summed E-state index contributed by atoms with van der Waals surface area (Å²) in [5.74, 6) is 0.491. The summed E-state index contributed by atoms with van der Waals surface area (Å²) in [4.78, 5) is 20.0. The van der Waals surface area contributed by atoms with Crippen molar-refractivity contribution in [3.63, 3.8) is 0 Å². The van der Waals surface area contributed by atoms with Gasteiger partial charge in [-0.1, -0.05) is 48.5 Å². The highest BCUT2D eigenvalue weighted by atomic mass is 35.5. The molecule has 0 spiro atoms. The molecule has 0 bridgehead atoms. The molecule has 0 aliphatic carbocycles. The van der Waals surface area contributed by atoms with Gasteiger partial charge in [-0.3, -0.25) is 4.57 Å². The smallest absolute Gasteiger partial charge is 0.398 e. The van der Waals surface area contributed by atoms with Crippen LogP contribution in [0.2, 0.25) is 0 Å². The second kappa shape index (κ2) is 12.8. The highest BCUT2D eigenvalue weighted by molar-refractivity contribution is 7.51. The molecule has 5 rings (SSSR count). The monoisotopic (exact) mass is 566 g/mol. The van der Waals surface area contributed by atoms with Gasteiger partial charge in [0.1, 0.15) is 11.5 Å². The van der Waals surface area contributed by atoms with E-state index in [1.165, 1.54) is 0 Å². The van der Waals surface area contributed by atoms with E-state index in [-0.39, 0.29) is 24.8 Å². The van der Waals surface area contributed by atoms with Gasteiger partial charge in [-0.2, -0.15) is 9.13 Å². The van der Waals surface area contributed by atoms with Crippen LogP contribution < -0.4 is 38.7 Å². The molecule has 0 amide bonds. The number of benzene rings is 3. The summed E-state index contributed by atoms with van der Waals surface area (Å²) in [6, 6.07) is 34.1. The lowest BCUT2D eigenvalue weighted by Gasteiger charge is -2.14. The third kappa shape index (κ3) is 6.87. The molecule has 9 heteroatoms. The maximum atomic E-state index is 12.2. The summed E-state index contributed by atoms with van der Waals surface area (Å²) in [7, 11) is -4.42. The Morgan fingerprint density at radius 3 is 1.61 bits per heavy atom. The molecular weight excluding hydrogens is 542 g/mol. The van der Waals surface area contributed by atoms with Crippen LogP contribution in [0.3, 0.4) is 0 Å². The fourth-order valence-corrected chi connectivity index (χ4v) is 5.12. The Balaban J connectivity index is 0.00000200. The summed E-state index contributed by atoms with van der Waals surface area (Å²) in [5.41, 5.74) is 3.50. The Hall–Kier alpha value is -3.51. The number of aromatic nitrogens is 2. The normalized spacial score (nSPS) is 11.5. The first kappa shape index (κ1) is 29.1. The molecule has 2 N–H and O–H groups in total. The van der Waals surface area contributed by atoms with Gasteiger partial charge in [-0.05, 0) is 35.4 Å². The summed E-state index contributed by atoms with van der Waals surface area (Å²) in [6.07, 6.45) is 7.37. The Morgan fingerprint density at radius 1 is 0.605 bits per heavy atom. The molecular formula is C29H25Cl2N2O4P. The molecule has 3 aromatic carbocycles. The second-order valence-corrected chi connectivity index (χ2v) is 9.98. The zero-order valence-corrected chi connectivity index (χ0v) is 22.5. The van der Waals surface area contributed by atoms with Crippen LogP contribution in [0.4, 0.5) is 0 Å². The molecule has 0 aliphatic heterocycles. The van der Waals surface area contributed by atoms with E-state index in [1.54, 1.807) is 41.2 Å². The number of hydrogen-bond donors (Lipinski definition) is 2. The number of para-hydroxylation sites is 1. The standard InChI is InChI=1S/C29H23N2O4P.2ClH/c32-36(33,34)29(25-7-3-1-4-8-25)31-21-17-24(18-22-31)23-15-19-30(20-16-23)26-11-13-28(14-12-26)35-27-9-5-2-6-10-27;;/h1-22,29H;2*1H. The Labute approximate surface area is 233 Å². The average Bonchev–Trinajstić information content (AvgIpc) is 2.90. The summed E-state index contributed by atoms with van der Waals surface area (Å²) >= 11 is 0. The van der Waals surface area contributed by atoms with Crippen molar-refractivity contribution in [2.45, 2.75) is 5.78 Å². The fourth-order valence-electron chi connectivity index (χ4n) is 4.06. The predicted octanol–water partition coefficient (Wildman–Crippen LogP) is -0.557. The number of hydrogen-bond acceptors (Lipinski definition) is 2. The van der Waals surface area contributed by atoms with Crippen LogP contribution in [0.25, 0.3) is 16.8 Å². The van der Waals surface area contributed by atoms with Gasteiger partial charge in [0.05, 0.1) is 0 Å². The highest BCUT2D eigenvalue weighted by Gasteiger charge is 2.38. The Kier molecular flexibility index (Phi) is 9.81. The van der Waals surface area contributed by atoms with Crippen molar-refractivity contribution in [3.05, 3.63) is 140 Å². The molecule has 0 fully saturated rings. The largest absolute Gasteiger partial charge is 1.00 e. The number of halogens is 2. The molecule has 0 radical (unpaired) electrons. The molecule has 2 aromatic heterocycles. The summed E-state index contributed by atoms with van der Waals surface area (Å²) < 4.78 is 21.7. The van der Waals surface area contributed by atoms with Crippen molar-refractivity contribution in [1.29, 1.82) is 0 Å². The first-order chi connectivity index (χ1) is 17.5. The molecule has 5 aromatic rings. The Morgan fingerprint density at radius 2 is 1.08 bits per heavy atom. The van der Waals surface area contributed by atoms with Crippen LogP contribution in [0.1, 0.15) is 11.3 Å². The average molecular weight is 567 g/mol. The van der Waals surface area contributed by atoms with Gasteiger partial charge < -0.3 is 39.3 Å². The van der Waals surface area contributed by atoms with E-state index < -0.39 is 13.4 Å². The van der Waals surface area contributed by atoms with E-state index in [9.17, 15) is 14.4 Å². The Bertz CT molecular complexity index is 1480. The molecule has 0 saturated heterocycles. The lowest BCUT2D eigenvalue weighted by atomic mass is 10.1. The van der Waals surface area contributed by atoms with Crippen molar-refractivity contribution in [3.8, 4) is 28.3 Å². The van der Waals surface area contributed by atoms with E-state index in [4.69, 9.17) is 4.74 Å². The molecule has 0 saturated carbocycles. The van der Waals surface area contributed by atoms with Crippen molar-refractivity contribution in [2.75, 3.05) is 0 Å². The van der Waals surface area contributed by atoms with E-state index in [2.05, 4.69) is 0 Å². The van der Waals surface area contributed by atoms with Crippen molar-refractivity contribution < 1.29 is 53.0 Å². The summed E-state index contributed by atoms with van der Waals surface area (Å²) in [5, 5.41) is 0. The topological polar surface area (TPSA) is 74.5 Å². The van der Waals surface area contributed by atoms with Gasteiger partial charge in [0.25, 0.3) is 5.78 Å². The maximum Gasteiger partial charge on any atom is 0.398 e. The van der Waals surface area contributed by atoms with Crippen molar-refractivity contribution >= 4 is 7.60 Å². The SMILES string of the molecule is O=P(O)(O)C(c1ccccc1)[n+]1ccc(-c2cc[n+](-c3ccc(Oc4ccccc4)cc3)cc2)cc1.[Cl-].[Cl-]. The molecule has 0 aliphatic rings. The van der Waals surface area contributed by atoms with Gasteiger partial charge in [0.2, 0.25) is 5.69 Å². The number of nitrogens with zero attached hydrogens (tertiary/aromatic N) is 2. The lowest BCUT2D eigenvalue weighted by molar-refractivity contribution is -0.695. The predicted molar refractivity (Wildman–Crippen MR) is 137 cm³/mol. The van der Waals surface area contributed by atoms with Crippen LogP contribution >= 0.6 is 7.60 Å². The first-order valence-electron chi connectivity index (χ1n) is 11.4. The minimum Gasteiger partial charge on any atom is -1.00 e. The molecule has 1 atom stereocenters. The van der Waals surface area contributed by atoms with Crippen LogP contribution in [-0.2, 0) is 4.57 Å². The number of pyridine rings is 2. The first-order valence-corrected chi connectivity index (χ1v) is 13.1. The number of ether oxygens (including phenoxy) is 1. The molecule has 194 valence electrons. The van der Waals surface area contributed by atoms with Crippen LogP contribution in [0.5, 0.6) is 11.5 Å². The van der Waals surface area contributed by atoms with Gasteiger partial charge in [-0.25, -0.2) is 0 Å². The minimum atomic E-state index is -4.42. The van der Waals surface area contributed by atoms with Gasteiger partial charge in [0, 0.05) is 42.0 Å². The van der Waals surface area contributed by atoms with E-state index >= 15 is 0 Å². The van der Waals surface area contributed by atoms with Gasteiger partial charge in [-0.15, -0.1) is 0 Å². The third-order valence-corrected chi connectivity index (χ3v) is 7.03. The molecule has 1 unspecified atom stereocenters. The van der Waals surface area contributed by atoms with Crippen LogP contribution in [-0.4, -0.2) is 9.79 Å². The lowest BCUT2D eigenvalue weighted by Crippen LogP contribution is -3.00.